The van der Waals surface area contributed by atoms with E-state index in [1.165, 1.54) is 18.4 Å². The van der Waals surface area contributed by atoms with Crippen LogP contribution in [0.1, 0.15) is 41.2 Å². The number of nitrogens with one attached hydrogen (secondary N) is 1. The molecule has 0 bridgehead atoms. The van der Waals surface area contributed by atoms with Gasteiger partial charge in [0.05, 0.1) is 11.8 Å². The predicted molar refractivity (Wildman–Crippen MR) is 103 cm³/mol. The van der Waals surface area contributed by atoms with Crippen molar-refractivity contribution < 1.29 is 23.5 Å². The van der Waals surface area contributed by atoms with E-state index in [0.29, 0.717) is 36.2 Å². The first-order chi connectivity index (χ1) is 13.4. The molecule has 2 atom stereocenters. The highest BCUT2D eigenvalue weighted by Crippen LogP contribution is 2.21. The van der Waals surface area contributed by atoms with E-state index in [0.717, 1.165) is 6.42 Å². The molecule has 28 heavy (non-hydrogen) atoms. The zero-order valence-electron chi connectivity index (χ0n) is 16.0. The molecule has 7 heteroatoms. The minimum Gasteiger partial charge on any atom is -0.459 e. The molecule has 3 rings (SSSR count). The van der Waals surface area contributed by atoms with E-state index in [1.54, 1.807) is 29.2 Å². The number of nitrogens with zero attached hydrogens (tertiary/aromatic N) is 1. The Morgan fingerprint density at radius 1 is 1.11 bits per heavy atom. The maximum absolute atomic E-state index is 12.3. The Morgan fingerprint density at radius 2 is 1.79 bits per heavy atom. The molecule has 7 nitrogen and oxygen atoms in total. The molecular weight excluding hydrogens is 360 g/mol. The monoisotopic (exact) mass is 384 g/mol. The number of ether oxygens (including phenoxy) is 1. The first-order valence-corrected chi connectivity index (χ1v) is 9.32. The lowest BCUT2D eigenvalue weighted by Crippen LogP contribution is -2.44. The van der Waals surface area contributed by atoms with Gasteiger partial charge in [-0.25, -0.2) is 4.79 Å². The lowest BCUT2D eigenvalue weighted by Gasteiger charge is -2.34. The van der Waals surface area contributed by atoms with Crippen LogP contribution in [0.3, 0.4) is 0 Å². The predicted octanol–water partition coefficient (Wildman–Crippen LogP) is 3.19. The van der Waals surface area contributed by atoms with E-state index >= 15 is 0 Å². The van der Waals surface area contributed by atoms with Crippen LogP contribution in [-0.2, 0) is 9.53 Å². The number of rotatable bonds is 5. The Bertz CT molecular complexity index is 819. The van der Waals surface area contributed by atoms with Crippen LogP contribution in [0.4, 0.5) is 5.69 Å². The van der Waals surface area contributed by atoms with Crippen molar-refractivity contribution in [1.82, 2.24) is 4.90 Å². The molecule has 0 radical (unpaired) electrons. The normalized spacial score (nSPS) is 19.1. The van der Waals surface area contributed by atoms with E-state index in [1.807, 2.05) is 0 Å². The van der Waals surface area contributed by atoms with Crippen LogP contribution in [0, 0.1) is 11.8 Å². The number of amides is 2. The van der Waals surface area contributed by atoms with Gasteiger partial charge in [0.25, 0.3) is 11.8 Å². The second-order valence-electron chi connectivity index (χ2n) is 7.33. The molecule has 2 amide bonds. The molecule has 1 aliphatic heterocycles. The molecule has 1 saturated heterocycles. The van der Waals surface area contributed by atoms with Gasteiger partial charge < -0.3 is 19.4 Å². The van der Waals surface area contributed by atoms with Crippen LogP contribution in [-0.4, -0.2) is 42.4 Å². The minimum absolute atomic E-state index is 0.172. The number of anilines is 1. The fourth-order valence-corrected chi connectivity index (χ4v) is 3.46. The first-order valence-electron chi connectivity index (χ1n) is 9.32. The second-order valence-corrected chi connectivity index (χ2v) is 7.33. The van der Waals surface area contributed by atoms with Crippen LogP contribution in [0.15, 0.2) is 47.1 Å². The zero-order chi connectivity index (χ0) is 20.1. The Hall–Kier alpha value is -3.09. The van der Waals surface area contributed by atoms with Crippen molar-refractivity contribution >= 4 is 23.5 Å². The lowest BCUT2D eigenvalue weighted by molar-refractivity contribution is -0.137. The van der Waals surface area contributed by atoms with E-state index in [4.69, 9.17) is 9.15 Å². The van der Waals surface area contributed by atoms with Crippen LogP contribution in [0.25, 0.3) is 0 Å². The molecule has 0 unspecified atom stereocenters. The van der Waals surface area contributed by atoms with Crippen molar-refractivity contribution in [1.29, 1.82) is 0 Å². The molecule has 2 heterocycles. The summed E-state index contributed by atoms with van der Waals surface area (Å²) in [7, 11) is 0. The molecule has 1 N–H and O–H groups in total. The van der Waals surface area contributed by atoms with E-state index in [9.17, 15) is 14.4 Å². The Morgan fingerprint density at radius 3 is 2.39 bits per heavy atom. The molecule has 0 spiro atoms. The highest BCUT2D eigenvalue weighted by Gasteiger charge is 2.26. The summed E-state index contributed by atoms with van der Waals surface area (Å²) in [6, 6.07) is 9.44. The number of benzene rings is 1. The molecule has 2 aromatic rings. The smallest absolute Gasteiger partial charge is 0.338 e. The highest BCUT2D eigenvalue weighted by atomic mass is 16.5. The van der Waals surface area contributed by atoms with Gasteiger partial charge in [0.2, 0.25) is 0 Å². The zero-order valence-corrected chi connectivity index (χ0v) is 16.0. The maximum atomic E-state index is 12.3. The summed E-state index contributed by atoms with van der Waals surface area (Å²) in [6.07, 6.45) is 2.52. The average Bonchev–Trinajstić information content (AvgIpc) is 3.20. The standard InChI is InChI=1S/C21H24N2O5/c1-14-10-15(2)12-23(11-14)19(24)13-28-21(26)16-5-7-17(8-6-16)22-20(25)18-4-3-9-27-18/h3-9,14-15H,10-13H2,1-2H3,(H,22,25)/t14-,15-/m1/s1. The number of hydrogen-bond acceptors (Lipinski definition) is 5. The number of carbonyl (C=O) groups is 3. The maximum Gasteiger partial charge on any atom is 0.338 e. The van der Waals surface area contributed by atoms with Crippen molar-refractivity contribution in [3.05, 3.63) is 54.0 Å². The van der Waals surface area contributed by atoms with Gasteiger partial charge in [0.1, 0.15) is 0 Å². The molecule has 1 aromatic heterocycles. The Balaban J connectivity index is 1.50. The first kappa shape index (κ1) is 19.7. The topological polar surface area (TPSA) is 88.9 Å². The molecule has 148 valence electrons. The summed E-state index contributed by atoms with van der Waals surface area (Å²) in [5, 5.41) is 2.67. The summed E-state index contributed by atoms with van der Waals surface area (Å²) in [5.74, 6) is -0.0247. The average molecular weight is 384 g/mol. The van der Waals surface area contributed by atoms with Crippen LogP contribution in [0.5, 0.6) is 0 Å². The van der Waals surface area contributed by atoms with Crippen LogP contribution < -0.4 is 5.32 Å². The van der Waals surface area contributed by atoms with Gasteiger partial charge in [-0.15, -0.1) is 0 Å². The van der Waals surface area contributed by atoms with Crippen LogP contribution in [0.2, 0.25) is 0 Å². The third-order valence-corrected chi connectivity index (χ3v) is 4.67. The van der Waals surface area contributed by atoms with Gasteiger partial charge >= 0.3 is 5.97 Å². The van der Waals surface area contributed by atoms with E-state index in [-0.39, 0.29) is 24.2 Å². The number of esters is 1. The molecule has 1 fully saturated rings. The largest absolute Gasteiger partial charge is 0.459 e. The molecule has 0 saturated carbocycles. The van der Waals surface area contributed by atoms with Crippen molar-refractivity contribution in [3.63, 3.8) is 0 Å². The Kier molecular flexibility index (Phi) is 6.13. The van der Waals surface area contributed by atoms with Crippen molar-refractivity contribution in [2.45, 2.75) is 20.3 Å². The minimum atomic E-state index is -0.574. The van der Waals surface area contributed by atoms with Crippen LogP contribution >= 0.6 is 0 Å². The van der Waals surface area contributed by atoms with Gasteiger partial charge in [-0.3, -0.25) is 9.59 Å². The summed E-state index contributed by atoms with van der Waals surface area (Å²) < 4.78 is 10.2. The number of piperidine rings is 1. The van der Waals surface area contributed by atoms with Crippen molar-refractivity contribution in [2.75, 3.05) is 25.0 Å². The summed E-state index contributed by atoms with van der Waals surface area (Å²) in [6.45, 7) is 5.37. The quantitative estimate of drug-likeness (QED) is 0.800. The van der Waals surface area contributed by atoms with Gasteiger partial charge in [0.15, 0.2) is 12.4 Å². The van der Waals surface area contributed by atoms with Gasteiger partial charge in [-0.05, 0) is 54.7 Å². The second kappa shape index (κ2) is 8.73. The third kappa shape index (κ3) is 5.00. The number of furan rings is 1. The van der Waals surface area contributed by atoms with Crippen molar-refractivity contribution in [2.24, 2.45) is 11.8 Å². The summed E-state index contributed by atoms with van der Waals surface area (Å²) in [5.41, 5.74) is 0.828. The molecule has 1 aliphatic rings. The van der Waals surface area contributed by atoms with Gasteiger partial charge in [-0.1, -0.05) is 13.8 Å². The summed E-state index contributed by atoms with van der Waals surface area (Å²) in [4.78, 5) is 38.2. The van der Waals surface area contributed by atoms with E-state index < -0.39 is 5.97 Å². The number of carbonyl (C=O) groups excluding carboxylic acids is 3. The fourth-order valence-electron chi connectivity index (χ4n) is 3.46. The number of likely N-dealkylation sites (tertiary alicyclic amines) is 1. The summed E-state index contributed by atoms with van der Waals surface area (Å²) >= 11 is 0. The molecule has 1 aromatic carbocycles. The SMILES string of the molecule is C[C@@H]1C[C@@H](C)CN(C(=O)COC(=O)c2ccc(NC(=O)c3ccco3)cc2)C1. The van der Waals surface area contributed by atoms with E-state index in [2.05, 4.69) is 19.2 Å². The highest BCUT2D eigenvalue weighted by molar-refractivity contribution is 6.02. The van der Waals surface area contributed by atoms with Gasteiger partial charge in [-0.2, -0.15) is 0 Å². The van der Waals surface area contributed by atoms with Crippen molar-refractivity contribution in [3.8, 4) is 0 Å². The molecule has 0 aliphatic carbocycles. The van der Waals surface area contributed by atoms with Gasteiger partial charge in [0, 0.05) is 18.8 Å². The third-order valence-electron chi connectivity index (χ3n) is 4.67. The molecular formula is C21H24N2O5. The lowest BCUT2D eigenvalue weighted by atomic mass is 9.92. The fraction of sp³-hybridized carbons (Fsp3) is 0.381. The number of hydrogen-bond donors (Lipinski definition) is 1. The Labute approximate surface area is 163 Å².